The third-order valence-electron chi connectivity index (χ3n) is 3.05. The van der Waals surface area contributed by atoms with E-state index in [0.29, 0.717) is 10.7 Å². The zero-order chi connectivity index (χ0) is 13.2. The second kappa shape index (κ2) is 4.96. The van der Waals surface area contributed by atoms with Crippen LogP contribution < -0.4 is 5.73 Å². The maximum absolute atomic E-state index is 6.22. The highest BCUT2D eigenvalue weighted by molar-refractivity contribution is 6.31. The van der Waals surface area contributed by atoms with Crippen LogP contribution in [0.5, 0.6) is 0 Å². The topological polar surface area (TPSA) is 51.8 Å². The van der Waals surface area contributed by atoms with Gasteiger partial charge in [-0.1, -0.05) is 29.8 Å². The average Bonchev–Trinajstić information content (AvgIpc) is 2.46. The number of para-hydroxylation sites is 1. The first-order chi connectivity index (χ1) is 9.25. The smallest absolute Gasteiger partial charge is 0.0802 e. The summed E-state index contributed by atoms with van der Waals surface area (Å²) >= 11 is 6.12. The van der Waals surface area contributed by atoms with Crippen LogP contribution in [0.15, 0.2) is 54.9 Å². The first-order valence-corrected chi connectivity index (χ1v) is 6.34. The van der Waals surface area contributed by atoms with E-state index in [4.69, 9.17) is 17.3 Å². The average molecular weight is 270 g/mol. The number of fused-ring (bicyclic) bond motifs is 1. The normalized spacial score (nSPS) is 12.5. The number of halogens is 1. The molecule has 0 saturated heterocycles. The molecule has 19 heavy (non-hydrogen) atoms. The fourth-order valence-electron chi connectivity index (χ4n) is 2.04. The highest BCUT2D eigenvalue weighted by Crippen LogP contribution is 2.25. The molecule has 0 spiro atoms. The lowest BCUT2D eigenvalue weighted by molar-refractivity contribution is 0.826. The second-order valence-electron chi connectivity index (χ2n) is 4.31. The number of nitrogens with zero attached hydrogens (tertiary/aromatic N) is 2. The third-order valence-corrected chi connectivity index (χ3v) is 3.37. The molecule has 0 saturated carbocycles. The largest absolute Gasteiger partial charge is 0.319 e. The molecule has 4 heteroatoms. The Balaban J connectivity index is 2.07. The Morgan fingerprint density at radius 1 is 1.05 bits per heavy atom. The molecule has 2 N–H and O–H groups in total. The first kappa shape index (κ1) is 12.1. The van der Waals surface area contributed by atoms with Crippen molar-refractivity contribution in [3.63, 3.8) is 0 Å². The van der Waals surface area contributed by atoms with Gasteiger partial charge in [0.15, 0.2) is 0 Å². The summed E-state index contributed by atoms with van der Waals surface area (Å²) < 4.78 is 0. The van der Waals surface area contributed by atoms with Crippen LogP contribution in [0.3, 0.4) is 0 Å². The molecule has 94 valence electrons. The van der Waals surface area contributed by atoms with E-state index < -0.39 is 0 Å². The maximum Gasteiger partial charge on any atom is 0.0802 e. The Bertz CT molecular complexity index is 727. The fourth-order valence-corrected chi connectivity index (χ4v) is 2.28. The highest BCUT2D eigenvalue weighted by Gasteiger charge is 2.14. The third kappa shape index (κ3) is 2.30. The zero-order valence-corrected chi connectivity index (χ0v) is 10.9. The fraction of sp³-hybridized carbons (Fsp3) is 0.0667. The molecule has 0 aliphatic carbocycles. The van der Waals surface area contributed by atoms with Gasteiger partial charge in [-0.15, -0.1) is 0 Å². The van der Waals surface area contributed by atoms with Crippen molar-refractivity contribution in [3.8, 4) is 0 Å². The van der Waals surface area contributed by atoms with Crippen molar-refractivity contribution >= 4 is 22.5 Å². The van der Waals surface area contributed by atoms with Crippen LogP contribution in [-0.4, -0.2) is 9.97 Å². The van der Waals surface area contributed by atoms with Crippen LogP contribution in [0.4, 0.5) is 0 Å². The SMILES string of the molecule is NC(c1cnc2ccccc2c1)c1ncccc1Cl. The van der Waals surface area contributed by atoms with E-state index >= 15 is 0 Å². The summed E-state index contributed by atoms with van der Waals surface area (Å²) in [5.41, 5.74) is 8.74. The molecule has 1 aromatic carbocycles. The molecule has 0 aliphatic heterocycles. The summed E-state index contributed by atoms with van der Waals surface area (Å²) in [5, 5.41) is 1.63. The Morgan fingerprint density at radius 3 is 2.74 bits per heavy atom. The van der Waals surface area contributed by atoms with Crippen LogP contribution in [0.1, 0.15) is 17.3 Å². The first-order valence-electron chi connectivity index (χ1n) is 5.96. The Hall–Kier alpha value is -1.97. The molecular formula is C15H12ClN3. The van der Waals surface area contributed by atoms with Crippen molar-refractivity contribution in [2.45, 2.75) is 6.04 Å². The Kier molecular flexibility index (Phi) is 3.15. The summed E-state index contributed by atoms with van der Waals surface area (Å²) in [4.78, 5) is 8.66. The Labute approximate surface area is 116 Å². The molecule has 0 fully saturated rings. The van der Waals surface area contributed by atoms with Gasteiger partial charge in [0.25, 0.3) is 0 Å². The molecule has 2 heterocycles. The molecule has 0 radical (unpaired) electrons. The summed E-state index contributed by atoms with van der Waals surface area (Å²) in [6.07, 6.45) is 3.47. The van der Waals surface area contributed by atoms with Crippen LogP contribution >= 0.6 is 11.6 Å². The van der Waals surface area contributed by atoms with Gasteiger partial charge in [0, 0.05) is 17.8 Å². The van der Waals surface area contributed by atoms with E-state index in [1.807, 2.05) is 30.3 Å². The van der Waals surface area contributed by atoms with Gasteiger partial charge in [0.2, 0.25) is 0 Å². The van der Waals surface area contributed by atoms with Crippen LogP contribution in [0.25, 0.3) is 10.9 Å². The predicted octanol–water partition coefficient (Wildman–Crippen LogP) is 3.33. The zero-order valence-electron chi connectivity index (χ0n) is 10.1. The lowest BCUT2D eigenvalue weighted by Gasteiger charge is -2.13. The van der Waals surface area contributed by atoms with Crippen molar-refractivity contribution in [2.75, 3.05) is 0 Å². The molecule has 1 unspecified atom stereocenters. The van der Waals surface area contributed by atoms with Gasteiger partial charge >= 0.3 is 0 Å². The van der Waals surface area contributed by atoms with Crippen LogP contribution in [0.2, 0.25) is 5.02 Å². The van der Waals surface area contributed by atoms with E-state index in [0.717, 1.165) is 16.5 Å². The van der Waals surface area contributed by atoms with Crippen LogP contribution in [0, 0.1) is 0 Å². The van der Waals surface area contributed by atoms with E-state index in [1.54, 1.807) is 24.5 Å². The summed E-state index contributed by atoms with van der Waals surface area (Å²) in [6, 6.07) is 13.2. The molecule has 0 bridgehead atoms. The van der Waals surface area contributed by atoms with Gasteiger partial charge in [-0.2, -0.15) is 0 Å². The van der Waals surface area contributed by atoms with Crippen molar-refractivity contribution in [2.24, 2.45) is 5.73 Å². The number of rotatable bonds is 2. The summed E-state index contributed by atoms with van der Waals surface area (Å²) in [7, 11) is 0. The van der Waals surface area contributed by atoms with E-state index in [-0.39, 0.29) is 6.04 Å². The van der Waals surface area contributed by atoms with E-state index in [1.165, 1.54) is 0 Å². The molecule has 2 aromatic heterocycles. The molecule has 0 amide bonds. The molecule has 3 nitrogen and oxygen atoms in total. The summed E-state index contributed by atoms with van der Waals surface area (Å²) in [5.74, 6) is 0. The van der Waals surface area contributed by atoms with Crippen molar-refractivity contribution in [1.82, 2.24) is 9.97 Å². The molecule has 3 rings (SSSR count). The monoisotopic (exact) mass is 269 g/mol. The van der Waals surface area contributed by atoms with Crippen LogP contribution in [-0.2, 0) is 0 Å². The molecule has 1 atom stereocenters. The number of benzene rings is 1. The van der Waals surface area contributed by atoms with Gasteiger partial charge in [0.1, 0.15) is 0 Å². The lowest BCUT2D eigenvalue weighted by Crippen LogP contribution is -2.14. The second-order valence-corrected chi connectivity index (χ2v) is 4.72. The Morgan fingerprint density at radius 2 is 1.89 bits per heavy atom. The highest BCUT2D eigenvalue weighted by atomic mass is 35.5. The van der Waals surface area contributed by atoms with Crippen molar-refractivity contribution in [3.05, 3.63) is 71.1 Å². The van der Waals surface area contributed by atoms with Gasteiger partial charge in [-0.05, 0) is 29.8 Å². The minimum Gasteiger partial charge on any atom is -0.319 e. The lowest BCUT2D eigenvalue weighted by atomic mass is 10.0. The van der Waals surface area contributed by atoms with Gasteiger partial charge in [-0.25, -0.2) is 0 Å². The summed E-state index contributed by atoms with van der Waals surface area (Å²) in [6.45, 7) is 0. The number of pyridine rings is 2. The van der Waals surface area contributed by atoms with Gasteiger partial charge in [-0.3, -0.25) is 9.97 Å². The quantitative estimate of drug-likeness (QED) is 0.776. The van der Waals surface area contributed by atoms with Crippen molar-refractivity contribution in [1.29, 1.82) is 0 Å². The van der Waals surface area contributed by atoms with Gasteiger partial charge < -0.3 is 5.73 Å². The number of hydrogen-bond donors (Lipinski definition) is 1. The van der Waals surface area contributed by atoms with E-state index in [2.05, 4.69) is 9.97 Å². The van der Waals surface area contributed by atoms with Crippen molar-refractivity contribution < 1.29 is 0 Å². The minimum atomic E-state index is -0.370. The number of aromatic nitrogens is 2. The molecular weight excluding hydrogens is 258 g/mol. The standard InChI is InChI=1S/C15H12ClN3/c16-12-5-3-7-18-15(12)14(17)11-8-10-4-1-2-6-13(10)19-9-11/h1-9,14H,17H2. The van der Waals surface area contributed by atoms with E-state index in [9.17, 15) is 0 Å². The number of nitrogens with two attached hydrogens (primary N) is 1. The minimum absolute atomic E-state index is 0.370. The number of hydrogen-bond acceptors (Lipinski definition) is 3. The molecule has 3 aromatic rings. The predicted molar refractivity (Wildman–Crippen MR) is 77.0 cm³/mol. The maximum atomic E-state index is 6.22. The van der Waals surface area contributed by atoms with Gasteiger partial charge in [0.05, 0.1) is 22.3 Å². The molecule has 0 aliphatic rings.